The summed E-state index contributed by atoms with van der Waals surface area (Å²) in [4.78, 5) is 2.05. The lowest BCUT2D eigenvalue weighted by Gasteiger charge is -2.41. The zero-order valence-corrected chi connectivity index (χ0v) is 10.5. The van der Waals surface area contributed by atoms with Gasteiger partial charge in [0.25, 0.3) is 0 Å². The zero-order valence-electron chi connectivity index (χ0n) is 10.5. The largest absolute Gasteiger partial charge is 0.416 e. The molecular formula is C13H17F3N2. The van der Waals surface area contributed by atoms with Gasteiger partial charge in [0.05, 0.1) is 5.56 Å². The topological polar surface area (TPSA) is 15.3 Å². The molecule has 1 aromatic carbocycles. The van der Waals surface area contributed by atoms with Crippen molar-refractivity contribution in [3.63, 3.8) is 0 Å². The second-order valence-corrected chi connectivity index (χ2v) is 4.81. The maximum absolute atomic E-state index is 12.7. The molecule has 0 aromatic heterocycles. The van der Waals surface area contributed by atoms with E-state index >= 15 is 0 Å². The third-order valence-electron chi connectivity index (χ3n) is 3.30. The van der Waals surface area contributed by atoms with Gasteiger partial charge in [-0.3, -0.25) is 0 Å². The van der Waals surface area contributed by atoms with Crippen molar-refractivity contribution < 1.29 is 13.2 Å². The lowest BCUT2D eigenvalue weighted by atomic mass is 10.1. The number of hydrogen-bond acceptors (Lipinski definition) is 2. The third kappa shape index (κ3) is 2.61. The molecule has 0 bridgehead atoms. The molecular weight excluding hydrogens is 241 g/mol. The zero-order chi connectivity index (χ0) is 13.3. The minimum absolute atomic E-state index is 0.192. The molecule has 0 saturated carbocycles. The van der Waals surface area contributed by atoms with Crippen molar-refractivity contribution in [2.45, 2.75) is 32.1 Å². The molecule has 1 heterocycles. The average molecular weight is 258 g/mol. The first-order chi connectivity index (χ1) is 8.39. The smallest absolute Gasteiger partial charge is 0.364 e. The normalized spacial score (nSPS) is 25.3. The Balaban J connectivity index is 2.32. The molecule has 1 N–H and O–H groups in total. The van der Waals surface area contributed by atoms with Gasteiger partial charge in [0.2, 0.25) is 0 Å². The van der Waals surface area contributed by atoms with Crippen LogP contribution < -0.4 is 10.2 Å². The summed E-state index contributed by atoms with van der Waals surface area (Å²) in [6.45, 7) is 5.62. The first kappa shape index (κ1) is 13.2. The minimum Gasteiger partial charge on any atom is -0.364 e. The molecule has 1 aromatic rings. The van der Waals surface area contributed by atoms with E-state index in [9.17, 15) is 13.2 Å². The fraction of sp³-hybridized carbons (Fsp3) is 0.538. The second-order valence-electron chi connectivity index (χ2n) is 4.81. The van der Waals surface area contributed by atoms with E-state index in [-0.39, 0.29) is 12.1 Å². The highest BCUT2D eigenvalue weighted by molar-refractivity contribution is 5.51. The Morgan fingerprint density at radius 1 is 1.17 bits per heavy atom. The summed E-state index contributed by atoms with van der Waals surface area (Å²) in [7, 11) is 0. The molecule has 1 fully saturated rings. The Kier molecular flexibility index (Phi) is 3.52. The minimum atomic E-state index is -4.28. The number of piperazine rings is 1. The maximum atomic E-state index is 12.7. The van der Waals surface area contributed by atoms with Gasteiger partial charge in [0.1, 0.15) is 0 Å². The highest BCUT2D eigenvalue weighted by atomic mass is 19.4. The van der Waals surface area contributed by atoms with E-state index in [2.05, 4.69) is 5.32 Å². The second kappa shape index (κ2) is 4.80. The van der Waals surface area contributed by atoms with Gasteiger partial charge in [-0.15, -0.1) is 0 Å². The SMILES string of the molecule is C[C@@H]1CNC[C@@H](C)N1c1cccc(C(F)(F)F)c1. The predicted octanol–water partition coefficient (Wildman–Crippen LogP) is 2.89. The summed E-state index contributed by atoms with van der Waals surface area (Å²) in [5.41, 5.74) is 0.0595. The Labute approximate surface area is 105 Å². The first-order valence-corrected chi connectivity index (χ1v) is 6.06. The van der Waals surface area contributed by atoms with Gasteiger partial charge in [0, 0.05) is 30.9 Å². The Morgan fingerprint density at radius 3 is 2.33 bits per heavy atom. The van der Waals surface area contributed by atoms with Crippen LogP contribution in [0.3, 0.4) is 0 Å². The lowest BCUT2D eigenvalue weighted by Crippen LogP contribution is -2.55. The van der Waals surface area contributed by atoms with Crippen LogP contribution in [0.5, 0.6) is 0 Å². The molecule has 0 unspecified atom stereocenters. The fourth-order valence-electron chi connectivity index (χ4n) is 2.48. The van der Waals surface area contributed by atoms with Crippen molar-refractivity contribution >= 4 is 5.69 Å². The summed E-state index contributed by atoms with van der Waals surface area (Å²) < 4.78 is 38.1. The molecule has 0 radical (unpaired) electrons. The van der Waals surface area contributed by atoms with Gasteiger partial charge in [-0.2, -0.15) is 13.2 Å². The van der Waals surface area contributed by atoms with Crippen LogP contribution in [0.1, 0.15) is 19.4 Å². The molecule has 2 rings (SSSR count). The number of hydrogen-bond donors (Lipinski definition) is 1. The third-order valence-corrected chi connectivity index (χ3v) is 3.30. The van der Waals surface area contributed by atoms with E-state index in [4.69, 9.17) is 0 Å². The van der Waals surface area contributed by atoms with Crippen molar-refractivity contribution in [3.8, 4) is 0 Å². The molecule has 1 aliphatic rings. The summed E-state index contributed by atoms with van der Waals surface area (Å²) >= 11 is 0. The van der Waals surface area contributed by atoms with Crippen LogP contribution >= 0.6 is 0 Å². The van der Waals surface area contributed by atoms with E-state index in [0.717, 1.165) is 19.2 Å². The van der Waals surface area contributed by atoms with Gasteiger partial charge in [-0.1, -0.05) is 6.07 Å². The van der Waals surface area contributed by atoms with Crippen LogP contribution in [-0.4, -0.2) is 25.2 Å². The molecule has 18 heavy (non-hydrogen) atoms. The highest BCUT2D eigenvalue weighted by Crippen LogP contribution is 2.32. The van der Waals surface area contributed by atoms with E-state index in [1.165, 1.54) is 12.1 Å². The first-order valence-electron chi connectivity index (χ1n) is 6.06. The van der Waals surface area contributed by atoms with Gasteiger partial charge in [-0.25, -0.2) is 0 Å². The number of halogens is 3. The fourth-order valence-corrected chi connectivity index (χ4v) is 2.48. The molecule has 2 atom stereocenters. The van der Waals surface area contributed by atoms with Crippen LogP contribution in [0.25, 0.3) is 0 Å². The standard InChI is InChI=1S/C13H17F3N2/c1-9-7-17-8-10(2)18(9)12-5-3-4-11(6-12)13(14,15)16/h3-6,9-10,17H,7-8H2,1-2H3/t9-,10-/m1/s1. The number of alkyl halides is 3. The van der Waals surface area contributed by atoms with Gasteiger partial charge in [0.15, 0.2) is 0 Å². The van der Waals surface area contributed by atoms with Crippen LogP contribution in [0, 0.1) is 0 Å². The Hall–Kier alpha value is -1.23. The van der Waals surface area contributed by atoms with Gasteiger partial charge < -0.3 is 10.2 Å². The van der Waals surface area contributed by atoms with Crippen molar-refractivity contribution in [1.29, 1.82) is 0 Å². The van der Waals surface area contributed by atoms with Crippen LogP contribution in [0.4, 0.5) is 18.9 Å². The van der Waals surface area contributed by atoms with Gasteiger partial charge >= 0.3 is 6.18 Å². The predicted molar refractivity (Wildman–Crippen MR) is 65.7 cm³/mol. The maximum Gasteiger partial charge on any atom is 0.416 e. The van der Waals surface area contributed by atoms with Crippen LogP contribution in [0.2, 0.25) is 0 Å². The van der Waals surface area contributed by atoms with Crippen molar-refractivity contribution in [1.82, 2.24) is 5.32 Å². The average Bonchev–Trinajstić information content (AvgIpc) is 2.28. The van der Waals surface area contributed by atoms with E-state index in [0.29, 0.717) is 5.69 Å². The number of rotatable bonds is 1. The summed E-state index contributed by atoms with van der Waals surface area (Å²) in [6, 6.07) is 5.95. The molecule has 100 valence electrons. The lowest BCUT2D eigenvalue weighted by molar-refractivity contribution is -0.137. The summed E-state index contributed by atoms with van der Waals surface area (Å²) in [5, 5.41) is 3.26. The van der Waals surface area contributed by atoms with E-state index in [1.807, 2.05) is 18.7 Å². The molecule has 0 amide bonds. The molecule has 0 spiro atoms. The summed E-state index contributed by atoms with van der Waals surface area (Å²) in [6.07, 6.45) is -4.28. The molecule has 0 aliphatic carbocycles. The molecule has 1 aliphatic heterocycles. The van der Waals surface area contributed by atoms with Crippen molar-refractivity contribution in [2.75, 3.05) is 18.0 Å². The Bertz CT molecular complexity index is 407. The van der Waals surface area contributed by atoms with Crippen LogP contribution in [0.15, 0.2) is 24.3 Å². The van der Waals surface area contributed by atoms with Crippen molar-refractivity contribution in [2.24, 2.45) is 0 Å². The number of anilines is 1. The molecule has 5 heteroatoms. The van der Waals surface area contributed by atoms with Crippen molar-refractivity contribution in [3.05, 3.63) is 29.8 Å². The quantitative estimate of drug-likeness (QED) is 0.833. The number of benzene rings is 1. The monoisotopic (exact) mass is 258 g/mol. The van der Waals surface area contributed by atoms with E-state index in [1.54, 1.807) is 6.07 Å². The highest BCUT2D eigenvalue weighted by Gasteiger charge is 2.32. The number of nitrogens with zero attached hydrogens (tertiary/aromatic N) is 1. The van der Waals surface area contributed by atoms with E-state index < -0.39 is 11.7 Å². The number of nitrogens with one attached hydrogen (secondary N) is 1. The molecule has 1 saturated heterocycles. The summed E-state index contributed by atoms with van der Waals surface area (Å²) in [5.74, 6) is 0. The van der Waals surface area contributed by atoms with Gasteiger partial charge in [-0.05, 0) is 32.0 Å². The molecule has 2 nitrogen and oxygen atoms in total. The van der Waals surface area contributed by atoms with Crippen LogP contribution in [-0.2, 0) is 6.18 Å². The Morgan fingerprint density at radius 2 is 1.78 bits per heavy atom.